The monoisotopic (exact) mass is 256 g/mol. The Morgan fingerprint density at radius 1 is 1.56 bits per heavy atom. The predicted molar refractivity (Wildman–Crippen MR) is 53.5 cm³/mol. The maximum absolute atomic E-state index is 12.5. The SMILES string of the molecule is C#CCOC1NC(N)C(C(F)(F)F)CC1Cl. The first kappa shape index (κ1) is 13.6. The number of rotatable bonds is 2. The molecule has 92 valence electrons. The van der Waals surface area contributed by atoms with Gasteiger partial charge in [-0.2, -0.15) is 13.2 Å². The van der Waals surface area contributed by atoms with Gasteiger partial charge in [0.25, 0.3) is 0 Å². The third-order valence-corrected chi connectivity index (χ3v) is 2.77. The number of hydrogen-bond donors (Lipinski definition) is 2. The molecule has 4 unspecified atom stereocenters. The zero-order chi connectivity index (χ0) is 12.3. The van der Waals surface area contributed by atoms with Crippen molar-refractivity contribution in [1.82, 2.24) is 5.32 Å². The number of piperidine rings is 1. The van der Waals surface area contributed by atoms with Crippen molar-refractivity contribution in [2.24, 2.45) is 11.7 Å². The molecule has 0 bridgehead atoms. The van der Waals surface area contributed by atoms with Gasteiger partial charge in [0.2, 0.25) is 0 Å². The van der Waals surface area contributed by atoms with Crippen molar-refractivity contribution in [2.45, 2.75) is 30.4 Å². The predicted octanol–water partition coefficient (Wildman–Crippen LogP) is 1.03. The first-order valence-electron chi connectivity index (χ1n) is 4.63. The molecule has 16 heavy (non-hydrogen) atoms. The van der Waals surface area contributed by atoms with Crippen molar-refractivity contribution in [3.05, 3.63) is 0 Å². The van der Waals surface area contributed by atoms with Gasteiger partial charge in [-0.25, -0.2) is 0 Å². The highest BCUT2D eigenvalue weighted by atomic mass is 35.5. The first-order chi connectivity index (χ1) is 7.36. The molecule has 0 aromatic carbocycles. The third-order valence-electron chi connectivity index (χ3n) is 2.36. The number of nitrogens with one attached hydrogen (secondary N) is 1. The number of hydrogen-bond acceptors (Lipinski definition) is 3. The lowest BCUT2D eigenvalue weighted by atomic mass is 9.94. The van der Waals surface area contributed by atoms with Gasteiger partial charge in [-0.1, -0.05) is 5.92 Å². The van der Waals surface area contributed by atoms with Crippen molar-refractivity contribution >= 4 is 11.6 Å². The molecule has 0 amide bonds. The van der Waals surface area contributed by atoms with Crippen molar-refractivity contribution in [3.8, 4) is 12.3 Å². The lowest BCUT2D eigenvalue weighted by Gasteiger charge is -2.38. The zero-order valence-electron chi connectivity index (χ0n) is 8.30. The van der Waals surface area contributed by atoms with Crippen LogP contribution >= 0.6 is 11.6 Å². The molecular formula is C9H12ClF3N2O. The quantitative estimate of drug-likeness (QED) is 0.573. The van der Waals surface area contributed by atoms with E-state index in [1.54, 1.807) is 0 Å². The molecular weight excluding hydrogens is 245 g/mol. The summed E-state index contributed by atoms with van der Waals surface area (Å²) in [4.78, 5) is 0. The number of halogens is 4. The van der Waals surface area contributed by atoms with E-state index in [-0.39, 0.29) is 13.0 Å². The second-order valence-corrected chi connectivity index (χ2v) is 4.09. The van der Waals surface area contributed by atoms with Crippen LogP contribution in [0.3, 0.4) is 0 Å². The smallest absolute Gasteiger partial charge is 0.349 e. The van der Waals surface area contributed by atoms with E-state index in [0.717, 1.165) is 0 Å². The van der Waals surface area contributed by atoms with Gasteiger partial charge >= 0.3 is 6.18 Å². The van der Waals surface area contributed by atoms with Gasteiger partial charge in [0.15, 0.2) is 0 Å². The van der Waals surface area contributed by atoms with E-state index < -0.39 is 29.9 Å². The number of terminal acetylenes is 1. The summed E-state index contributed by atoms with van der Waals surface area (Å²) in [6.45, 7) is -0.0235. The number of nitrogens with two attached hydrogens (primary N) is 1. The van der Waals surface area contributed by atoms with Gasteiger partial charge in [0.05, 0.1) is 17.5 Å². The van der Waals surface area contributed by atoms with Crippen LogP contribution in [-0.4, -0.2) is 30.6 Å². The lowest BCUT2D eigenvalue weighted by Crippen LogP contribution is -2.61. The fraction of sp³-hybridized carbons (Fsp3) is 0.778. The Labute approximate surface area is 96.5 Å². The summed E-state index contributed by atoms with van der Waals surface area (Å²) in [7, 11) is 0. The molecule has 0 aliphatic carbocycles. The molecule has 1 aliphatic heterocycles. The average Bonchev–Trinajstić information content (AvgIpc) is 2.17. The molecule has 3 N–H and O–H groups in total. The lowest BCUT2D eigenvalue weighted by molar-refractivity contribution is -0.195. The van der Waals surface area contributed by atoms with E-state index in [0.29, 0.717) is 0 Å². The topological polar surface area (TPSA) is 47.3 Å². The van der Waals surface area contributed by atoms with Crippen LogP contribution in [-0.2, 0) is 4.74 Å². The van der Waals surface area contributed by atoms with E-state index in [4.69, 9.17) is 28.5 Å². The van der Waals surface area contributed by atoms with Gasteiger partial charge in [-0.3, -0.25) is 5.32 Å². The minimum Gasteiger partial charge on any atom is -0.349 e. The van der Waals surface area contributed by atoms with Crippen LogP contribution in [0.5, 0.6) is 0 Å². The number of ether oxygens (including phenoxy) is 1. The molecule has 3 nitrogen and oxygen atoms in total. The minimum absolute atomic E-state index is 0.0235. The Morgan fingerprint density at radius 3 is 2.69 bits per heavy atom. The van der Waals surface area contributed by atoms with Crippen LogP contribution in [0, 0.1) is 18.3 Å². The largest absolute Gasteiger partial charge is 0.394 e. The number of alkyl halides is 4. The summed E-state index contributed by atoms with van der Waals surface area (Å²) < 4.78 is 42.5. The standard InChI is InChI=1S/C9H12ClF3N2O/c1-2-3-16-8-6(10)4-5(7(14)15-8)9(11,12)13/h1,5-8,15H,3-4,14H2. The van der Waals surface area contributed by atoms with Gasteiger partial charge in [0.1, 0.15) is 12.8 Å². The van der Waals surface area contributed by atoms with E-state index in [2.05, 4.69) is 11.2 Å². The van der Waals surface area contributed by atoms with Gasteiger partial charge in [-0.05, 0) is 6.42 Å². The Morgan fingerprint density at radius 2 is 2.19 bits per heavy atom. The fourth-order valence-corrected chi connectivity index (χ4v) is 1.89. The molecule has 7 heteroatoms. The Kier molecular flexibility index (Phi) is 4.44. The Hall–Kier alpha value is -0.480. The van der Waals surface area contributed by atoms with Crippen LogP contribution < -0.4 is 11.1 Å². The molecule has 4 atom stereocenters. The molecule has 0 spiro atoms. The van der Waals surface area contributed by atoms with Gasteiger partial charge in [-0.15, -0.1) is 18.0 Å². The molecule has 0 aromatic rings. The van der Waals surface area contributed by atoms with Crippen LogP contribution in [0.25, 0.3) is 0 Å². The minimum atomic E-state index is -4.36. The first-order valence-corrected chi connectivity index (χ1v) is 5.07. The summed E-state index contributed by atoms with van der Waals surface area (Å²) in [5, 5.41) is 1.66. The Bertz CT molecular complexity index is 279. The average molecular weight is 257 g/mol. The van der Waals surface area contributed by atoms with Crippen molar-refractivity contribution in [1.29, 1.82) is 0 Å². The Balaban J connectivity index is 2.60. The zero-order valence-corrected chi connectivity index (χ0v) is 9.05. The van der Waals surface area contributed by atoms with Crippen molar-refractivity contribution in [3.63, 3.8) is 0 Å². The second kappa shape index (κ2) is 5.23. The highest BCUT2D eigenvalue weighted by molar-refractivity contribution is 6.21. The third kappa shape index (κ3) is 3.25. The highest BCUT2D eigenvalue weighted by Crippen LogP contribution is 2.35. The maximum atomic E-state index is 12.5. The van der Waals surface area contributed by atoms with Crippen LogP contribution in [0.1, 0.15) is 6.42 Å². The molecule has 0 aromatic heterocycles. The molecule has 1 fully saturated rings. The molecule has 1 aliphatic rings. The van der Waals surface area contributed by atoms with Crippen molar-refractivity contribution < 1.29 is 17.9 Å². The summed E-state index contributed by atoms with van der Waals surface area (Å²) in [5.74, 6) is 0.542. The van der Waals surface area contributed by atoms with E-state index in [1.807, 2.05) is 0 Å². The highest BCUT2D eigenvalue weighted by Gasteiger charge is 2.49. The summed E-state index contributed by atoms with van der Waals surface area (Å²) in [6.07, 6.45) is -1.65. The van der Waals surface area contributed by atoms with Gasteiger partial charge < -0.3 is 10.5 Å². The van der Waals surface area contributed by atoms with E-state index >= 15 is 0 Å². The summed E-state index contributed by atoms with van der Waals surface area (Å²) in [6, 6.07) is 0. The fourth-order valence-electron chi connectivity index (χ4n) is 1.55. The maximum Gasteiger partial charge on any atom is 0.394 e. The van der Waals surface area contributed by atoms with E-state index in [9.17, 15) is 13.2 Å². The van der Waals surface area contributed by atoms with Gasteiger partial charge in [0, 0.05) is 0 Å². The van der Waals surface area contributed by atoms with Crippen LogP contribution in [0.2, 0.25) is 0 Å². The molecule has 0 saturated carbocycles. The summed E-state index contributed by atoms with van der Waals surface area (Å²) in [5.41, 5.74) is 5.37. The molecule has 1 saturated heterocycles. The molecule has 1 heterocycles. The van der Waals surface area contributed by atoms with Crippen LogP contribution in [0.15, 0.2) is 0 Å². The summed E-state index contributed by atoms with van der Waals surface area (Å²) >= 11 is 5.77. The van der Waals surface area contributed by atoms with E-state index in [1.165, 1.54) is 0 Å². The van der Waals surface area contributed by atoms with Crippen LogP contribution in [0.4, 0.5) is 13.2 Å². The molecule has 1 rings (SSSR count). The second-order valence-electron chi connectivity index (χ2n) is 3.53. The normalized spacial score (nSPS) is 35.8. The molecule has 0 radical (unpaired) electrons. The van der Waals surface area contributed by atoms with Crippen molar-refractivity contribution in [2.75, 3.05) is 6.61 Å².